The summed E-state index contributed by atoms with van der Waals surface area (Å²) in [7, 11) is -2.20. The van der Waals surface area contributed by atoms with Crippen molar-refractivity contribution in [2.24, 2.45) is 5.10 Å². The highest BCUT2D eigenvalue weighted by atomic mass is 32.2. The lowest BCUT2D eigenvalue weighted by Gasteiger charge is -2.23. The van der Waals surface area contributed by atoms with Crippen LogP contribution in [0.1, 0.15) is 43.0 Å². The summed E-state index contributed by atoms with van der Waals surface area (Å²) in [5.41, 5.74) is 7.35. The number of hydrazone groups is 1. The van der Waals surface area contributed by atoms with Crippen LogP contribution in [-0.2, 0) is 21.3 Å². The molecule has 0 bridgehead atoms. The van der Waals surface area contributed by atoms with Crippen LogP contribution in [0.5, 0.6) is 0 Å². The number of hydrogen-bond donors (Lipinski definition) is 1. The minimum atomic E-state index is -3.51. The molecule has 0 spiro atoms. The molecule has 9 heteroatoms. The number of nitrogens with zero attached hydrogens (tertiary/aromatic N) is 2. The number of amides is 1. The normalized spacial score (nSPS) is 11.3. The molecule has 35 heavy (non-hydrogen) atoms. The third kappa shape index (κ3) is 6.77. The number of sulfonamides is 1. The molecule has 0 aromatic heterocycles. The molecule has 1 N–H and O–H groups in total. The Morgan fingerprint density at radius 3 is 2.14 bits per heavy atom. The van der Waals surface area contributed by atoms with Gasteiger partial charge in [0.25, 0.3) is 5.91 Å². The van der Waals surface area contributed by atoms with Crippen molar-refractivity contribution in [3.05, 3.63) is 100 Å². The summed E-state index contributed by atoms with van der Waals surface area (Å²) in [6.07, 6.45) is 2.63. The molecule has 3 rings (SSSR count). The van der Waals surface area contributed by atoms with Crippen LogP contribution in [0.15, 0.2) is 71.8 Å². The van der Waals surface area contributed by atoms with Gasteiger partial charge < -0.3 is 4.74 Å². The summed E-state index contributed by atoms with van der Waals surface area (Å²) in [6, 6.07) is 18.7. The van der Waals surface area contributed by atoms with Crippen molar-refractivity contribution in [2.45, 2.75) is 20.4 Å². The first kappa shape index (κ1) is 25.6. The van der Waals surface area contributed by atoms with E-state index in [1.807, 2.05) is 26.0 Å². The van der Waals surface area contributed by atoms with Crippen LogP contribution in [0.3, 0.4) is 0 Å². The van der Waals surface area contributed by atoms with Crippen LogP contribution >= 0.6 is 0 Å². The minimum Gasteiger partial charge on any atom is -0.465 e. The number of benzene rings is 3. The predicted octanol–water partition coefficient (Wildman–Crippen LogP) is 3.82. The number of methoxy groups -OCH3 is 1. The number of aryl methyl sites for hydroxylation is 2. The van der Waals surface area contributed by atoms with Crippen molar-refractivity contribution >= 4 is 33.8 Å². The van der Waals surface area contributed by atoms with Gasteiger partial charge in [-0.25, -0.2) is 18.6 Å². The molecule has 3 aromatic rings. The maximum Gasteiger partial charge on any atom is 0.337 e. The Labute approximate surface area is 205 Å². The standard InChI is InChI=1S/C26H27N3O5S/c1-18-5-14-24(15-19(18)2)29(35(4,32)33)17-21-8-10-22(11-9-21)25(30)28-27-16-20-6-12-23(13-7-20)26(31)34-3/h5-16H,17H2,1-4H3,(H,28,30)/b27-16-. The second kappa shape index (κ2) is 11.0. The van der Waals surface area contributed by atoms with E-state index >= 15 is 0 Å². The van der Waals surface area contributed by atoms with E-state index < -0.39 is 21.9 Å². The maximum absolute atomic E-state index is 12.4. The summed E-state index contributed by atoms with van der Waals surface area (Å²) in [4.78, 5) is 23.9. The van der Waals surface area contributed by atoms with Gasteiger partial charge in [0, 0.05) is 5.56 Å². The Morgan fingerprint density at radius 1 is 0.943 bits per heavy atom. The summed E-state index contributed by atoms with van der Waals surface area (Å²) >= 11 is 0. The summed E-state index contributed by atoms with van der Waals surface area (Å²) in [5.74, 6) is -0.841. The van der Waals surface area contributed by atoms with Gasteiger partial charge in [-0.15, -0.1) is 0 Å². The number of rotatable bonds is 8. The van der Waals surface area contributed by atoms with Crippen molar-refractivity contribution in [3.8, 4) is 0 Å². The van der Waals surface area contributed by atoms with Gasteiger partial charge in [-0.1, -0.05) is 30.3 Å². The van der Waals surface area contributed by atoms with E-state index in [4.69, 9.17) is 0 Å². The topological polar surface area (TPSA) is 105 Å². The van der Waals surface area contributed by atoms with E-state index in [9.17, 15) is 18.0 Å². The third-order valence-electron chi connectivity index (χ3n) is 5.43. The monoisotopic (exact) mass is 493 g/mol. The van der Waals surface area contributed by atoms with Crippen molar-refractivity contribution < 1.29 is 22.7 Å². The quantitative estimate of drug-likeness (QED) is 0.292. The van der Waals surface area contributed by atoms with E-state index in [0.717, 1.165) is 16.7 Å². The molecule has 1 amide bonds. The van der Waals surface area contributed by atoms with Gasteiger partial charge in [0.1, 0.15) is 0 Å². The van der Waals surface area contributed by atoms with Crippen LogP contribution in [-0.4, -0.2) is 39.9 Å². The van der Waals surface area contributed by atoms with E-state index in [0.29, 0.717) is 22.4 Å². The van der Waals surface area contributed by atoms with Crippen LogP contribution in [0.25, 0.3) is 0 Å². The predicted molar refractivity (Wildman–Crippen MR) is 136 cm³/mol. The lowest BCUT2D eigenvalue weighted by Crippen LogP contribution is -2.29. The first-order chi connectivity index (χ1) is 16.6. The summed E-state index contributed by atoms with van der Waals surface area (Å²) in [6.45, 7) is 4.05. The average molecular weight is 494 g/mol. The first-order valence-corrected chi connectivity index (χ1v) is 12.6. The fourth-order valence-electron chi connectivity index (χ4n) is 3.26. The number of carbonyl (C=O) groups excluding carboxylic acids is 2. The second-order valence-electron chi connectivity index (χ2n) is 8.05. The Morgan fingerprint density at radius 2 is 1.57 bits per heavy atom. The summed E-state index contributed by atoms with van der Waals surface area (Å²) in [5, 5.41) is 3.94. The number of carbonyl (C=O) groups is 2. The molecule has 8 nitrogen and oxygen atoms in total. The smallest absolute Gasteiger partial charge is 0.337 e. The number of ether oxygens (including phenoxy) is 1. The van der Waals surface area contributed by atoms with Crippen LogP contribution in [0.4, 0.5) is 5.69 Å². The van der Waals surface area contributed by atoms with Crippen molar-refractivity contribution in [3.63, 3.8) is 0 Å². The largest absolute Gasteiger partial charge is 0.465 e. The zero-order valence-corrected chi connectivity index (χ0v) is 20.8. The van der Waals surface area contributed by atoms with Gasteiger partial charge in [0.15, 0.2) is 0 Å². The number of anilines is 1. The Balaban J connectivity index is 1.66. The van der Waals surface area contributed by atoms with Gasteiger partial charge >= 0.3 is 5.97 Å². The average Bonchev–Trinajstić information content (AvgIpc) is 2.84. The highest BCUT2D eigenvalue weighted by Crippen LogP contribution is 2.23. The molecule has 0 heterocycles. The highest BCUT2D eigenvalue weighted by molar-refractivity contribution is 7.92. The van der Waals surface area contributed by atoms with Gasteiger partial charge in [0.2, 0.25) is 10.0 Å². The SMILES string of the molecule is COC(=O)c1ccc(/C=N\NC(=O)c2ccc(CN(c3ccc(C)c(C)c3)S(C)(=O)=O)cc2)cc1. The zero-order valence-electron chi connectivity index (χ0n) is 20.0. The Kier molecular flexibility index (Phi) is 8.03. The number of hydrogen-bond acceptors (Lipinski definition) is 6. The molecule has 0 aliphatic carbocycles. The first-order valence-electron chi connectivity index (χ1n) is 10.7. The molecule has 0 aliphatic heterocycles. The van der Waals surface area contributed by atoms with E-state index in [-0.39, 0.29) is 6.54 Å². The fraction of sp³-hybridized carbons (Fsp3) is 0.192. The van der Waals surface area contributed by atoms with Crippen LogP contribution in [0, 0.1) is 13.8 Å². The lowest BCUT2D eigenvalue weighted by molar-refractivity contribution is 0.0600. The molecule has 0 fully saturated rings. The van der Waals surface area contributed by atoms with Crippen LogP contribution in [0.2, 0.25) is 0 Å². The summed E-state index contributed by atoms with van der Waals surface area (Å²) < 4.78 is 30.9. The van der Waals surface area contributed by atoms with Crippen molar-refractivity contribution in [2.75, 3.05) is 17.7 Å². The van der Waals surface area contributed by atoms with E-state index in [1.165, 1.54) is 23.9 Å². The van der Waals surface area contributed by atoms with Crippen molar-refractivity contribution in [1.29, 1.82) is 0 Å². The molecule has 0 unspecified atom stereocenters. The number of nitrogens with one attached hydrogen (secondary N) is 1. The molecule has 0 aliphatic rings. The molecule has 0 radical (unpaired) electrons. The zero-order chi connectivity index (χ0) is 25.6. The highest BCUT2D eigenvalue weighted by Gasteiger charge is 2.18. The molecular formula is C26H27N3O5S. The Hall–Kier alpha value is -3.98. The molecule has 0 saturated heterocycles. The Bertz CT molecular complexity index is 1350. The van der Waals surface area contributed by atoms with Crippen LogP contribution < -0.4 is 9.73 Å². The number of esters is 1. The van der Waals surface area contributed by atoms with E-state index in [2.05, 4.69) is 15.3 Å². The maximum atomic E-state index is 12.4. The van der Waals surface area contributed by atoms with Gasteiger partial charge in [-0.05, 0) is 72.5 Å². The van der Waals surface area contributed by atoms with Gasteiger partial charge in [-0.2, -0.15) is 5.10 Å². The second-order valence-corrected chi connectivity index (χ2v) is 9.95. The molecule has 0 saturated carbocycles. The van der Waals surface area contributed by atoms with Gasteiger partial charge in [0.05, 0.1) is 37.4 Å². The van der Waals surface area contributed by atoms with Gasteiger partial charge in [-0.3, -0.25) is 9.10 Å². The third-order valence-corrected chi connectivity index (χ3v) is 6.57. The minimum absolute atomic E-state index is 0.142. The molecule has 3 aromatic carbocycles. The lowest BCUT2D eigenvalue weighted by atomic mass is 10.1. The molecular weight excluding hydrogens is 466 g/mol. The molecule has 0 atom stereocenters. The van der Waals surface area contributed by atoms with Crippen molar-refractivity contribution in [1.82, 2.24) is 5.43 Å². The molecule has 182 valence electrons. The van der Waals surface area contributed by atoms with E-state index in [1.54, 1.807) is 54.6 Å². The fourth-order valence-corrected chi connectivity index (χ4v) is 4.14.